The van der Waals surface area contributed by atoms with Gasteiger partial charge in [-0.25, -0.2) is 15.0 Å². The number of aliphatic hydroxyl groups excluding tert-OH is 1. The van der Waals surface area contributed by atoms with Crippen molar-refractivity contribution in [2.24, 2.45) is 4.99 Å². The lowest BCUT2D eigenvalue weighted by atomic mass is 10.1. The minimum atomic E-state index is -4.40. The molecular weight excluding hydrogens is 337 g/mol. The molecule has 25 heavy (non-hydrogen) atoms. The predicted octanol–water partition coefficient (Wildman–Crippen LogP) is 2.74. The molecule has 2 heterocycles. The van der Waals surface area contributed by atoms with Gasteiger partial charge in [0.05, 0.1) is 16.9 Å². The average Bonchev–Trinajstić information content (AvgIpc) is 2.92. The summed E-state index contributed by atoms with van der Waals surface area (Å²) in [5.74, 6) is 0.0779. The van der Waals surface area contributed by atoms with E-state index in [1.165, 1.54) is 17.1 Å². The lowest BCUT2D eigenvalue weighted by Crippen LogP contribution is -2.42. The maximum Gasteiger partial charge on any atom is 0.416 e. The summed E-state index contributed by atoms with van der Waals surface area (Å²) in [4.78, 5) is 4.19. The number of hydrogen-bond donors (Lipinski definition) is 2. The third kappa shape index (κ3) is 2.69. The summed E-state index contributed by atoms with van der Waals surface area (Å²) in [5.41, 5.74) is 4.16. The van der Waals surface area contributed by atoms with Crippen molar-refractivity contribution in [3.05, 3.63) is 71.4 Å². The SMILES string of the molecule is O.OC1=C2N=Cc3ccccc3N2NN1c1ccc(C(F)(F)F)cc1. The highest BCUT2D eigenvalue weighted by atomic mass is 19.4. The number of halogens is 3. The quantitative estimate of drug-likeness (QED) is 0.828. The molecule has 0 radical (unpaired) electrons. The number of hydrazine groups is 2. The number of anilines is 2. The third-order valence-corrected chi connectivity index (χ3v) is 3.78. The first-order valence-corrected chi connectivity index (χ1v) is 7.05. The van der Waals surface area contributed by atoms with Crippen LogP contribution in [0.3, 0.4) is 0 Å². The van der Waals surface area contributed by atoms with Crippen LogP contribution in [0.2, 0.25) is 0 Å². The highest BCUT2D eigenvalue weighted by molar-refractivity contribution is 5.92. The number of benzene rings is 2. The van der Waals surface area contributed by atoms with E-state index < -0.39 is 11.7 Å². The van der Waals surface area contributed by atoms with Gasteiger partial charge >= 0.3 is 6.18 Å². The maximum absolute atomic E-state index is 12.7. The van der Waals surface area contributed by atoms with Crippen molar-refractivity contribution in [3.8, 4) is 0 Å². The fourth-order valence-electron chi connectivity index (χ4n) is 2.59. The van der Waals surface area contributed by atoms with Gasteiger partial charge in [0.15, 0.2) is 0 Å². The van der Waals surface area contributed by atoms with E-state index in [2.05, 4.69) is 10.5 Å². The van der Waals surface area contributed by atoms with Crippen LogP contribution < -0.4 is 15.6 Å². The minimum Gasteiger partial charge on any atom is -0.491 e. The number of para-hydroxylation sites is 1. The van der Waals surface area contributed by atoms with Crippen molar-refractivity contribution >= 4 is 17.6 Å². The van der Waals surface area contributed by atoms with E-state index in [0.717, 1.165) is 23.4 Å². The van der Waals surface area contributed by atoms with Crippen LogP contribution in [0.25, 0.3) is 0 Å². The molecule has 2 aliphatic rings. The first-order chi connectivity index (χ1) is 11.4. The fourth-order valence-corrected chi connectivity index (χ4v) is 2.59. The molecule has 4 rings (SSSR count). The van der Waals surface area contributed by atoms with Gasteiger partial charge in [-0.3, -0.25) is 0 Å². The summed E-state index contributed by atoms with van der Waals surface area (Å²) in [7, 11) is 0. The number of hydrogen-bond acceptors (Lipinski definition) is 5. The van der Waals surface area contributed by atoms with Crippen molar-refractivity contribution in [1.82, 2.24) is 5.53 Å². The Kier molecular flexibility index (Phi) is 3.90. The van der Waals surface area contributed by atoms with Crippen LogP contribution in [-0.4, -0.2) is 16.8 Å². The van der Waals surface area contributed by atoms with Crippen LogP contribution in [0.15, 0.2) is 65.2 Å². The summed E-state index contributed by atoms with van der Waals surface area (Å²) in [6.45, 7) is 0. The van der Waals surface area contributed by atoms with Crippen molar-refractivity contribution in [2.45, 2.75) is 6.18 Å². The monoisotopic (exact) mass is 350 g/mol. The molecule has 0 spiro atoms. The number of aliphatic hydroxyl groups is 1. The van der Waals surface area contributed by atoms with Crippen LogP contribution >= 0.6 is 0 Å². The van der Waals surface area contributed by atoms with Crippen molar-refractivity contribution in [2.75, 3.05) is 10.0 Å². The molecule has 130 valence electrons. The highest BCUT2D eigenvalue weighted by Gasteiger charge is 2.35. The second-order valence-corrected chi connectivity index (χ2v) is 5.28. The number of nitrogens with one attached hydrogen (secondary N) is 1. The Morgan fingerprint density at radius 2 is 1.64 bits per heavy atom. The zero-order valence-electron chi connectivity index (χ0n) is 12.6. The summed E-state index contributed by atoms with van der Waals surface area (Å²) >= 11 is 0. The van der Waals surface area contributed by atoms with Crippen molar-refractivity contribution in [3.63, 3.8) is 0 Å². The maximum atomic E-state index is 12.7. The molecule has 2 aliphatic heterocycles. The molecule has 0 fully saturated rings. The lowest BCUT2D eigenvalue weighted by molar-refractivity contribution is -0.137. The molecule has 6 nitrogen and oxygen atoms in total. The topological polar surface area (TPSA) is 82.6 Å². The van der Waals surface area contributed by atoms with Crippen LogP contribution in [0.1, 0.15) is 11.1 Å². The molecule has 0 saturated heterocycles. The van der Waals surface area contributed by atoms with Crippen LogP contribution in [0, 0.1) is 0 Å². The summed E-state index contributed by atoms with van der Waals surface area (Å²) in [6, 6.07) is 11.9. The standard InChI is InChI=1S/C16H11F3N4O.H2O/c17-16(18,19)11-5-7-12(8-6-11)22-15(24)14-20-9-10-3-1-2-4-13(10)23(14)21-22;/h1-9,21,24H;1H2. The largest absolute Gasteiger partial charge is 0.491 e. The van der Waals surface area contributed by atoms with Gasteiger partial charge in [0.1, 0.15) is 0 Å². The van der Waals surface area contributed by atoms with E-state index in [4.69, 9.17) is 0 Å². The molecule has 0 saturated carbocycles. The molecule has 0 unspecified atom stereocenters. The second kappa shape index (κ2) is 5.80. The number of fused-ring (bicyclic) bond motifs is 3. The van der Waals surface area contributed by atoms with Gasteiger partial charge in [0, 0.05) is 11.8 Å². The molecular formula is C16H13F3N4O2. The van der Waals surface area contributed by atoms with Gasteiger partial charge in [-0.05, 0) is 30.3 Å². The number of aliphatic imine (C=N–C) groups is 1. The van der Waals surface area contributed by atoms with Gasteiger partial charge in [-0.1, -0.05) is 18.2 Å². The molecule has 2 aromatic rings. The van der Waals surface area contributed by atoms with Crippen molar-refractivity contribution in [1.29, 1.82) is 0 Å². The van der Waals surface area contributed by atoms with E-state index >= 15 is 0 Å². The number of nitrogens with zero attached hydrogens (tertiary/aromatic N) is 3. The molecule has 0 aliphatic carbocycles. The molecule has 2 aromatic carbocycles. The van der Waals surface area contributed by atoms with Crippen LogP contribution in [-0.2, 0) is 6.18 Å². The highest BCUT2D eigenvalue weighted by Crippen LogP contribution is 2.35. The Labute approximate surface area is 140 Å². The molecule has 4 N–H and O–H groups in total. The Morgan fingerprint density at radius 3 is 2.32 bits per heavy atom. The molecule has 9 heteroatoms. The van der Waals surface area contributed by atoms with Gasteiger partial charge in [-0.15, -0.1) is 5.53 Å². The van der Waals surface area contributed by atoms with Gasteiger partial charge < -0.3 is 10.6 Å². The number of alkyl halides is 3. The van der Waals surface area contributed by atoms with Gasteiger partial charge in [0.2, 0.25) is 5.82 Å². The molecule has 0 aromatic heterocycles. The minimum absolute atomic E-state index is 0. The first kappa shape index (κ1) is 16.8. The number of rotatable bonds is 1. The van der Waals surface area contributed by atoms with Crippen molar-refractivity contribution < 1.29 is 23.8 Å². The van der Waals surface area contributed by atoms with Crippen LogP contribution in [0.5, 0.6) is 0 Å². The Hall–Kier alpha value is -3.04. The summed E-state index contributed by atoms with van der Waals surface area (Å²) in [6.07, 6.45) is -2.78. The zero-order chi connectivity index (χ0) is 16.9. The third-order valence-electron chi connectivity index (χ3n) is 3.78. The normalized spacial score (nSPS) is 15.8. The van der Waals surface area contributed by atoms with E-state index in [1.807, 2.05) is 24.3 Å². The lowest BCUT2D eigenvalue weighted by Gasteiger charge is -2.26. The smallest absolute Gasteiger partial charge is 0.416 e. The Bertz CT molecular complexity index is 862. The average molecular weight is 350 g/mol. The Morgan fingerprint density at radius 1 is 0.960 bits per heavy atom. The zero-order valence-corrected chi connectivity index (χ0v) is 12.6. The predicted molar refractivity (Wildman–Crippen MR) is 86.8 cm³/mol. The fraction of sp³-hybridized carbons (Fsp3) is 0.0625. The summed E-state index contributed by atoms with van der Waals surface area (Å²) < 4.78 is 38.0. The van der Waals surface area contributed by atoms with E-state index in [-0.39, 0.29) is 17.2 Å². The molecule has 0 atom stereocenters. The van der Waals surface area contributed by atoms with Gasteiger partial charge in [0.25, 0.3) is 5.88 Å². The van der Waals surface area contributed by atoms with E-state index in [9.17, 15) is 18.3 Å². The van der Waals surface area contributed by atoms with E-state index in [1.54, 1.807) is 11.2 Å². The second-order valence-electron chi connectivity index (χ2n) is 5.28. The molecule has 0 bridgehead atoms. The molecule has 0 amide bonds. The summed E-state index contributed by atoms with van der Waals surface area (Å²) in [5, 5.41) is 13.2. The van der Waals surface area contributed by atoms with Crippen LogP contribution in [0.4, 0.5) is 24.5 Å². The Balaban J connectivity index is 0.00000182. The van der Waals surface area contributed by atoms with Gasteiger partial charge in [-0.2, -0.15) is 13.2 Å². The first-order valence-electron chi connectivity index (χ1n) is 7.05. The van der Waals surface area contributed by atoms with E-state index in [0.29, 0.717) is 5.69 Å².